The topological polar surface area (TPSA) is 122 Å². The maximum absolute atomic E-state index is 12.9. The van der Waals surface area contributed by atoms with Crippen LogP contribution in [0.3, 0.4) is 0 Å². The molecule has 5 rings (SSSR count). The summed E-state index contributed by atoms with van der Waals surface area (Å²) in [6.07, 6.45) is 1.10. The first kappa shape index (κ1) is 23.0. The van der Waals surface area contributed by atoms with Crippen molar-refractivity contribution in [2.24, 2.45) is 0 Å². The van der Waals surface area contributed by atoms with Gasteiger partial charge in [-0.3, -0.25) is 15.0 Å². The number of carbonyl (C=O) groups is 1. The zero-order valence-corrected chi connectivity index (χ0v) is 19.1. The molecule has 0 saturated carbocycles. The van der Waals surface area contributed by atoms with E-state index in [9.17, 15) is 9.90 Å². The van der Waals surface area contributed by atoms with Gasteiger partial charge < -0.3 is 25.8 Å². The van der Waals surface area contributed by atoms with E-state index in [1.54, 1.807) is 0 Å². The molecule has 7 N–H and O–H groups in total. The summed E-state index contributed by atoms with van der Waals surface area (Å²) >= 11 is 0. The van der Waals surface area contributed by atoms with Gasteiger partial charge in [-0.25, -0.2) is 10.9 Å². The Morgan fingerprint density at radius 3 is 2.94 bits per heavy atom. The number of hydrazine groups is 1. The number of aliphatic hydroxyl groups excluding tert-OH is 1. The van der Waals surface area contributed by atoms with Gasteiger partial charge in [0.15, 0.2) is 0 Å². The molecule has 3 heterocycles. The second-order valence-corrected chi connectivity index (χ2v) is 8.82. The minimum absolute atomic E-state index is 0.00143. The van der Waals surface area contributed by atoms with Crippen LogP contribution in [0, 0.1) is 0 Å². The lowest BCUT2D eigenvalue weighted by molar-refractivity contribution is 0.0930. The van der Waals surface area contributed by atoms with Crippen LogP contribution in [0.1, 0.15) is 28.4 Å². The number of ether oxygens (including phenoxy) is 1. The fourth-order valence-corrected chi connectivity index (χ4v) is 4.88. The highest BCUT2D eigenvalue weighted by atomic mass is 16.5. The number of carbonyl (C=O) groups excluding carboxylic acids is 1. The van der Waals surface area contributed by atoms with E-state index in [4.69, 9.17) is 4.74 Å². The Morgan fingerprint density at radius 1 is 1.18 bits per heavy atom. The van der Waals surface area contributed by atoms with Crippen LogP contribution >= 0.6 is 0 Å². The fraction of sp³-hybridized carbons (Fsp3) is 0.458. The number of benzene rings is 2. The first-order valence-corrected chi connectivity index (χ1v) is 11.9. The molecule has 0 spiro atoms. The molecule has 10 nitrogen and oxygen atoms in total. The van der Waals surface area contributed by atoms with E-state index in [1.165, 1.54) is 0 Å². The number of aliphatic hydroxyl groups is 1. The Bertz CT molecular complexity index is 985. The van der Waals surface area contributed by atoms with Crippen molar-refractivity contribution >= 4 is 11.6 Å². The maximum atomic E-state index is 12.9. The van der Waals surface area contributed by atoms with Crippen LogP contribution in [0.2, 0.25) is 0 Å². The number of nitrogens with one attached hydrogen (secondary N) is 6. The van der Waals surface area contributed by atoms with Crippen molar-refractivity contribution in [1.29, 1.82) is 0 Å². The van der Waals surface area contributed by atoms with Gasteiger partial charge in [0.2, 0.25) is 0 Å². The zero-order valence-electron chi connectivity index (χ0n) is 19.1. The molecular formula is C24H33N7O3. The van der Waals surface area contributed by atoms with E-state index in [0.717, 1.165) is 36.6 Å². The van der Waals surface area contributed by atoms with Gasteiger partial charge in [-0.15, -0.1) is 0 Å². The highest BCUT2D eigenvalue weighted by Crippen LogP contribution is 2.31. The molecule has 34 heavy (non-hydrogen) atoms. The Morgan fingerprint density at radius 2 is 2.09 bits per heavy atom. The SMILES string of the molecule is O=C(N[C@@H]1COc2ccccc21)c1cccc(NCC2NNC(C3CCNCN3)N2CCO)c1. The van der Waals surface area contributed by atoms with Gasteiger partial charge in [-0.2, -0.15) is 0 Å². The third-order valence-electron chi connectivity index (χ3n) is 6.65. The van der Waals surface area contributed by atoms with E-state index < -0.39 is 0 Å². The Kier molecular flexibility index (Phi) is 7.24. The monoisotopic (exact) mass is 467 g/mol. The van der Waals surface area contributed by atoms with Gasteiger partial charge >= 0.3 is 0 Å². The zero-order chi connectivity index (χ0) is 23.3. The van der Waals surface area contributed by atoms with Gasteiger partial charge in [-0.05, 0) is 37.2 Å². The van der Waals surface area contributed by atoms with Gasteiger partial charge in [0.05, 0.1) is 25.0 Å². The van der Waals surface area contributed by atoms with Crippen molar-refractivity contribution in [1.82, 2.24) is 31.7 Å². The van der Waals surface area contributed by atoms with Gasteiger partial charge in [0.1, 0.15) is 12.4 Å². The molecule has 2 aromatic rings. The summed E-state index contributed by atoms with van der Waals surface area (Å²) in [5.41, 5.74) is 9.20. The van der Waals surface area contributed by atoms with Crippen molar-refractivity contribution in [3.8, 4) is 5.75 Å². The van der Waals surface area contributed by atoms with E-state index in [2.05, 4.69) is 37.0 Å². The predicted molar refractivity (Wildman–Crippen MR) is 129 cm³/mol. The number of hydrogen-bond acceptors (Lipinski definition) is 9. The number of para-hydroxylation sites is 1. The number of anilines is 1. The Hall–Kier alpha value is -2.73. The van der Waals surface area contributed by atoms with Crippen molar-refractivity contribution in [2.75, 3.05) is 44.8 Å². The normalized spacial score (nSPS) is 26.6. The average Bonchev–Trinajstić information content (AvgIpc) is 3.48. The summed E-state index contributed by atoms with van der Waals surface area (Å²) < 4.78 is 5.68. The molecule has 2 saturated heterocycles. The van der Waals surface area contributed by atoms with Gasteiger partial charge in [0.25, 0.3) is 5.91 Å². The number of amides is 1. The largest absolute Gasteiger partial charge is 0.491 e. The summed E-state index contributed by atoms with van der Waals surface area (Å²) in [7, 11) is 0. The highest BCUT2D eigenvalue weighted by Gasteiger charge is 2.37. The summed E-state index contributed by atoms with van der Waals surface area (Å²) in [6, 6.07) is 15.4. The molecule has 2 aromatic carbocycles. The van der Waals surface area contributed by atoms with E-state index in [1.807, 2.05) is 48.5 Å². The first-order valence-electron chi connectivity index (χ1n) is 11.9. The van der Waals surface area contributed by atoms with Crippen molar-refractivity contribution < 1.29 is 14.6 Å². The number of fused-ring (bicyclic) bond motifs is 1. The molecule has 1 amide bonds. The third kappa shape index (κ3) is 5.02. The molecule has 2 fully saturated rings. The Labute approximate surface area is 199 Å². The van der Waals surface area contributed by atoms with Crippen LogP contribution in [0.15, 0.2) is 48.5 Å². The van der Waals surface area contributed by atoms with E-state index in [0.29, 0.717) is 31.3 Å². The molecule has 3 aliphatic rings. The van der Waals surface area contributed by atoms with Crippen LogP contribution in [-0.4, -0.2) is 73.8 Å². The van der Waals surface area contributed by atoms with Crippen LogP contribution in [0.25, 0.3) is 0 Å². The lowest BCUT2D eigenvalue weighted by Gasteiger charge is -2.35. The number of rotatable bonds is 8. The van der Waals surface area contributed by atoms with Gasteiger partial charge in [-0.1, -0.05) is 24.3 Å². The average molecular weight is 468 g/mol. The van der Waals surface area contributed by atoms with Gasteiger partial charge in [0, 0.05) is 42.6 Å². The summed E-state index contributed by atoms with van der Waals surface area (Å²) in [4.78, 5) is 15.2. The molecular weight excluding hydrogens is 434 g/mol. The molecule has 182 valence electrons. The van der Waals surface area contributed by atoms with Crippen LogP contribution < -0.4 is 36.9 Å². The van der Waals surface area contributed by atoms with E-state index >= 15 is 0 Å². The third-order valence-corrected chi connectivity index (χ3v) is 6.65. The first-order chi connectivity index (χ1) is 16.7. The van der Waals surface area contributed by atoms with Crippen LogP contribution in [0.4, 0.5) is 5.69 Å². The maximum Gasteiger partial charge on any atom is 0.251 e. The van der Waals surface area contributed by atoms with Crippen molar-refractivity contribution in [3.63, 3.8) is 0 Å². The van der Waals surface area contributed by atoms with E-state index in [-0.39, 0.29) is 30.9 Å². The molecule has 0 radical (unpaired) electrons. The number of nitrogens with zero attached hydrogens (tertiary/aromatic N) is 1. The molecule has 0 bridgehead atoms. The van der Waals surface area contributed by atoms with Crippen LogP contribution in [0.5, 0.6) is 5.75 Å². The lowest BCUT2D eigenvalue weighted by atomic mass is 10.1. The molecule has 4 atom stereocenters. The summed E-state index contributed by atoms with van der Waals surface area (Å²) in [6.45, 7) is 3.47. The van der Waals surface area contributed by atoms with Crippen LogP contribution in [-0.2, 0) is 0 Å². The molecule has 0 aromatic heterocycles. The Balaban J connectivity index is 1.19. The summed E-state index contributed by atoms with van der Waals surface area (Å²) in [5.74, 6) is 0.694. The predicted octanol–water partition coefficient (Wildman–Crippen LogP) is -0.0747. The number of β-amino-alcohol motifs (C(OH)–C–C–N with tert-alkyl or cyclic N) is 1. The highest BCUT2D eigenvalue weighted by molar-refractivity contribution is 5.95. The molecule has 3 aliphatic heterocycles. The molecule has 10 heteroatoms. The molecule has 3 unspecified atom stereocenters. The second kappa shape index (κ2) is 10.7. The molecule has 0 aliphatic carbocycles. The standard InChI is InChI=1S/C24H33N7O3/c32-11-10-31-22(29-30-23(31)19-8-9-25-15-27-19)13-26-17-5-3-4-16(12-17)24(33)28-20-14-34-21-7-2-1-6-18(20)21/h1-7,12,19-20,22-23,25-27,29-30,32H,8-11,13-15H2,(H,28,33)/t19?,20-,22?,23?/m1/s1. The van der Waals surface area contributed by atoms with Crippen molar-refractivity contribution in [2.45, 2.75) is 30.8 Å². The van der Waals surface area contributed by atoms with Crippen molar-refractivity contribution in [3.05, 3.63) is 59.7 Å². The number of hydrogen-bond donors (Lipinski definition) is 7. The summed E-state index contributed by atoms with van der Waals surface area (Å²) in [5, 5.41) is 22.9. The second-order valence-electron chi connectivity index (χ2n) is 8.82. The quantitative estimate of drug-likeness (QED) is 0.286. The minimum Gasteiger partial charge on any atom is -0.491 e. The fourth-order valence-electron chi connectivity index (χ4n) is 4.88. The lowest BCUT2D eigenvalue weighted by Crippen LogP contribution is -2.59. The minimum atomic E-state index is -0.151. The smallest absolute Gasteiger partial charge is 0.251 e.